The van der Waals surface area contributed by atoms with Gasteiger partial charge in [-0.1, -0.05) is 18.2 Å². The Morgan fingerprint density at radius 2 is 2.00 bits per heavy atom. The molecule has 0 saturated heterocycles. The van der Waals surface area contributed by atoms with Crippen LogP contribution in [0.25, 0.3) is 23.1 Å². The van der Waals surface area contributed by atoms with Gasteiger partial charge in [-0.05, 0) is 24.3 Å². The Labute approximate surface area is 142 Å². The Morgan fingerprint density at radius 1 is 1.20 bits per heavy atom. The van der Waals surface area contributed by atoms with Crippen LogP contribution in [0.15, 0.2) is 36.4 Å². The molecule has 0 radical (unpaired) electrons. The van der Waals surface area contributed by atoms with Gasteiger partial charge in [-0.15, -0.1) is 0 Å². The van der Waals surface area contributed by atoms with Crippen molar-refractivity contribution >= 4 is 34.6 Å². The molecule has 1 heterocycles. The van der Waals surface area contributed by atoms with Gasteiger partial charge in [0.25, 0.3) is 0 Å². The highest BCUT2D eigenvalue weighted by Crippen LogP contribution is 2.25. The lowest BCUT2D eigenvalue weighted by Crippen LogP contribution is -2.13. The van der Waals surface area contributed by atoms with Gasteiger partial charge in [0.2, 0.25) is 5.91 Å². The van der Waals surface area contributed by atoms with Crippen molar-refractivity contribution in [1.82, 2.24) is 10.2 Å². The fourth-order valence-electron chi connectivity index (χ4n) is 2.37. The van der Waals surface area contributed by atoms with Crippen molar-refractivity contribution in [2.45, 2.75) is 6.42 Å². The monoisotopic (exact) mass is 343 g/mol. The van der Waals surface area contributed by atoms with E-state index in [0.717, 1.165) is 0 Å². The molecule has 0 bridgehead atoms. The highest BCUT2D eigenvalue weighted by Gasteiger charge is 2.12. The molecule has 1 amide bonds. The summed E-state index contributed by atoms with van der Waals surface area (Å²) in [5.74, 6) is -1.47. The number of aromatic nitrogens is 2. The van der Waals surface area contributed by atoms with Crippen molar-refractivity contribution < 1.29 is 18.7 Å². The zero-order chi connectivity index (χ0) is 17.8. The molecule has 0 aliphatic rings. The Balaban J connectivity index is 1.94. The SMILES string of the molecule is O=C(CCO)Nc1cc2c(/C=C/c3ccccc3F)n[nH]c2cc1F. The number of anilines is 1. The van der Waals surface area contributed by atoms with Crippen molar-refractivity contribution in [2.75, 3.05) is 11.9 Å². The van der Waals surface area contributed by atoms with Gasteiger partial charge in [0.05, 0.1) is 29.9 Å². The number of H-pyrrole nitrogens is 1. The molecule has 0 aliphatic carbocycles. The first-order valence-corrected chi connectivity index (χ1v) is 7.59. The molecular formula is C18H15F2N3O2. The molecule has 0 saturated carbocycles. The molecule has 0 unspecified atom stereocenters. The van der Waals surface area contributed by atoms with Gasteiger partial charge in [0, 0.05) is 17.0 Å². The minimum atomic E-state index is -0.618. The van der Waals surface area contributed by atoms with Crippen LogP contribution in [0.5, 0.6) is 0 Å². The summed E-state index contributed by atoms with van der Waals surface area (Å²) in [6, 6.07) is 8.96. The number of aliphatic hydroxyl groups is 1. The topological polar surface area (TPSA) is 78.0 Å². The first kappa shape index (κ1) is 16.8. The Hall–Kier alpha value is -3.06. The van der Waals surface area contributed by atoms with Crippen molar-refractivity contribution in [3.05, 3.63) is 59.3 Å². The van der Waals surface area contributed by atoms with E-state index in [1.807, 2.05) is 0 Å². The molecule has 3 aromatic rings. The molecule has 0 fully saturated rings. The van der Waals surface area contributed by atoms with Crippen LogP contribution in [-0.4, -0.2) is 27.8 Å². The third-order valence-corrected chi connectivity index (χ3v) is 3.62. The van der Waals surface area contributed by atoms with E-state index < -0.39 is 11.7 Å². The van der Waals surface area contributed by atoms with Crippen LogP contribution in [0.1, 0.15) is 17.7 Å². The first-order chi connectivity index (χ1) is 12.1. The zero-order valence-electron chi connectivity index (χ0n) is 13.1. The standard InChI is InChI=1S/C18H15F2N3O2/c19-13-4-2-1-3-11(13)5-6-15-12-9-17(21-18(25)7-8-24)14(20)10-16(12)23-22-15/h1-6,9-10,24H,7-8H2,(H,21,25)(H,22,23)/b6-5+. The molecule has 5 nitrogen and oxygen atoms in total. The van der Waals surface area contributed by atoms with Gasteiger partial charge in [0.1, 0.15) is 11.6 Å². The van der Waals surface area contributed by atoms with Gasteiger partial charge in [-0.3, -0.25) is 9.89 Å². The molecule has 7 heteroatoms. The number of hydrogen-bond donors (Lipinski definition) is 3. The maximum Gasteiger partial charge on any atom is 0.226 e. The van der Waals surface area contributed by atoms with Crippen LogP contribution in [0.4, 0.5) is 14.5 Å². The molecule has 0 atom stereocenters. The number of benzene rings is 2. The van der Waals surface area contributed by atoms with Gasteiger partial charge >= 0.3 is 0 Å². The number of aromatic amines is 1. The predicted octanol–water partition coefficient (Wildman–Crippen LogP) is 3.33. The van der Waals surface area contributed by atoms with Crippen LogP contribution in [0, 0.1) is 11.6 Å². The quantitative estimate of drug-likeness (QED) is 0.665. The lowest BCUT2D eigenvalue weighted by molar-refractivity contribution is -0.116. The second-order valence-corrected chi connectivity index (χ2v) is 5.36. The van der Waals surface area contributed by atoms with Crippen molar-refractivity contribution in [3.8, 4) is 0 Å². The predicted molar refractivity (Wildman–Crippen MR) is 91.7 cm³/mol. The van der Waals surface area contributed by atoms with E-state index in [9.17, 15) is 13.6 Å². The number of rotatable bonds is 5. The summed E-state index contributed by atoms with van der Waals surface area (Å²) in [6.07, 6.45) is 3.05. The minimum absolute atomic E-state index is 0.00658. The van der Waals surface area contributed by atoms with E-state index in [0.29, 0.717) is 22.2 Å². The van der Waals surface area contributed by atoms with Gasteiger partial charge < -0.3 is 10.4 Å². The summed E-state index contributed by atoms with van der Waals surface area (Å²) in [6.45, 7) is -0.321. The number of amides is 1. The highest BCUT2D eigenvalue weighted by molar-refractivity contribution is 5.96. The highest BCUT2D eigenvalue weighted by atomic mass is 19.1. The summed E-state index contributed by atoms with van der Waals surface area (Å²) in [4.78, 5) is 11.6. The molecule has 3 N–H and O–H groups in total. The van der Waals surface area contributed by atoms with Crippen LogP contribution < -0.4 is 5.32 Å². The second kappa shape index (κ2) is 7.23. The number of carbonyl (C=O) groups excluding carboxylic acids is 1. The average molecular weight is 343 g/mol. The number of fused-ring (bicyclic) bond motifs is 1. The lowest BCUT2D eigenvalue weighted by atomic mass is 10.1. The molecule has 1 aromatic heterocycles. The molecule has 0 spiro atoms. The van der Waals surface area contributed by atoms with Crippen LogP contribution in [0.3, 0.4) is 0 Å². The second-order valence-electron chi connectivity index (χ2n) is 5.36. The van der Waals surface area contributed by atoms with Crippen LogP contribution >= 0.6 is 0 Å². The van der Waals surface area contributed by atoms with Gasteiger partial charge in [-0.25, -0.2) is 8.78 Å². The average Bonchev–Trinajstić information content (AvgIpc) is 2.96. The third kappa shape index (κ3) is 3.72. The minimum Gasteiger partial charge on any atom is -0.396 e. The lowest BCUT2D eigenvalue weighted by Gasteiger charge is -2.06. The van der Waals surface area contributed by atoms with Crippen molar-refractivity contribution in [3.63, 3.8) is 0 Å². The van der Waals surface area contributed by atoms with E-state index in [1.54, 1.807) is 30.4 Å². The van der Waals surface area contributed by atoms with Gasteiger partial charge in [-0.2, -0.15) is 5.10 Å². The first-order valence-electron chi connectivity index (χ1n) is 7.59. The van der Waals surface area contributed by atoms with E-state index in [1.165, 1.54) is 18.2 Å². The number of halogens is 2. The van der Waals surface area contributed by atoms with E-state index >= 15 is 0 Å². The fourth-order valence-corrected chi connectivity index (χ4v) is 2.37. The van der Waals surface area contributed by atoms with E-state index in [-0.39, 0.29) is 24.5 Å². The van der Waals surface area contributed by atoms with Crippen LogP contribution in [-0.2, 0) is 4.79 Å². The summed E-state index contributed by atoms with van der Waals surface area (Å²) >= 11 is 0. The molecule has 25 heavy (non-hydrogen) atoms. The smallest absolute Gasteiger partial charge is 0.226 e. The molecule has 128 valence electrons. The number of aliphatic hydroxyl groups excluding tert-OH is 1. The number of carbonyl (C=O) groups is 1. The summed E-state index contributed by atoms with van der Waals surface area (Å²) in [5, 5.41) is 18.5. The Kier molecular flexibility index (Phi) is 4.85. The normalized spacial score (nSPS) is 11.3. The van der Waals surface area contributed by atoms with Gasteiger partial charge in [0.15, 0.2) is 0 Å². The number of nitrogens with one attached hydrogen (secondary N) is 2. The largest absolute Gasteiger partial charge is 0.396 e. The number of hydrogen-bond acceptors (Lipinski definition) is 3. The van der Waals surface area contributed by atoms with E-state index in [4.69, 9.17) is 5.11 Å². The Bertz CT molecular complexity index is 951. The molecule has 2 aromatic carbocycles. The summed E-state index contributed by atoms with van der Waals surface area (Å²) in [5.41, 5.74) is 1.33. The third-order valence-electron chi connectivity index (χ3n) is 3.62. The zero-order valence-corrected chi connectivity index (χ0v) is 13.1. The van der Waals surface area contributed by atoms with Crippen LogP contribution in [0.2, 0.25) is 0 Å². The molecule has 0 aliphatic heterocycles. The maximum atomic E-state index is 14.0. The number of nitrogens with zero attached hydrogens (tertiary/aromatic N) is 1. The van der Waals surface area contributed by atoms with E-state index in [2.05, 4.69) is 15.5 Å². The summed E-state index contributed by atoms with van der Waals surface area (Å²) < 4.78 is 27.7. The van der Waals surface area contributed by atoms with Crippen molar-refractivity contribution in [2.24, 2.45) is 0 Å². The Morgan fingerprint density at radius 3 is 2.76 bits per heavy atom. The van der Waals surface area contributed by atoms with Crippen molar-refractivity contribution in [1.29, 1.82) is 0 Å². The molecule has 3 rings (SSSR count). The maximum absolute atomic E-state index is 14.0. The fraction of sp³-hybridized carbons (Fsp3) is 0.111. The molecular weight excluding hydrogens is 328 g/mol. The summed E-state index contributed by atoms with van der Waals surface area (Å²) in [7, 11) is 0.